The Morgan fingerprint density at radius 3 is 2.08 bits per heavy atom. The molecule has 6 rings (SSSR count). The Kier molecular flexibility index (Phi) is 5.59. The molecule has 0 saturated carbocycles. The van der Waals surface area contributed by atoms with Crippen molar-refractivity contribution >= 4 is 16.9 Å². The van der Waals surface area contributed by atoms with Crippen LogP contribution in [-0.2, 0) is 0 Å². The van der Waals surface area contributed by atoms with E-state index in [1.807, 2.05) is 72.8 Å². The second-order valence-electron chi connectivity index (χ2n) is 8.29. The first-order chi connectivity index (χ1) is 18.2. The van der Waals surface area contributed by atoms with Crippen LogP contribution in [0.4, 0.5) is 0 Å². The summed E-state index contributed by atoms with van der Waals surface area (Å²) in [6, 6.07) is 35.0. The number of hydrogen-bond donors (Lipinski definition) is 0. The molecular weight excluding hydrogens is 466 g/mol. The van der Waals surface area contributed by atoms with Crippen molar-refractivity contribution in [3.8, 4) is 34.0 Å². The summed E-state index contributed by atoms with van der Waals surface area (Å²) >= 11 is 0. The number of fused-ring (bicyclic) bond motifs is 1. The standard InChI is InChI=1S/C29H19N5O3/c35-29(33-26-8-4-5-9-27(26)34(36)32-33)23-12-10-20(11-13-23)21-14-16-24(17-15-21)37-28-19-18-25(30-31-28)22-6-2-1-3-7-22/h1-19H. The number of benzene rings is 4. The second kappa shape index (κ2) is 9.35. The highest BCUT2D eigenvalue weighted by Crippen LogP contribution is 2.26. The number of aromatic nitrogens is 5. The summed E-state index contributed by atoms with van der Waals surface area (Å²) in [6.45, 7) is 0. The van der Waals surface area contributed by atoms with Crippen LogP contribution in [0.5, 0.6) is 11.6 Å². The maximum atomic E-state index is 13.0. The van der Waals surface area contributed by atoms with Crippen LogP contribution in [0.2, 0.25) is 0 Å². The van der Waals surface area contributed by atoms with E-state index in [1.54, 1.807) is 42.5 Å². The van der Waals surface area contributed by atoms with Gasteiger partial charge in [0.15, 0.2) is 0 Å². The van der Waals surface area contributed by atoms with Crippen molar-refractivity contribution in [2.45, 2.75) is 0 Å². The van der Waals surface area contributed by atoms with Crippen LogP contribution in [0, 0.1) is 5.21 Å². The SMILES string of the molecule is O=C(c1ccc(-c2ccc(Oc3ccc(-c4ccccc4)nn3)cc2)cc1)n1n[n+]([O-])c2ccccc21. The molecular formula is C29H19N5O3. The van der Waals surface area contributed by atoms with E-state index in [9.17, 15) is 10.0 Å². The predicted octanol–water partition coefficient (Wildman–Crippen LogP) is 5.27. The van der Waals surface area contributed by atoms with Crippen LogP contribution in [0.25, 0.3) is 33.4 Å². The van der Waals surface area contributed by atoms with Crippen molar-refractivity contribution in [3.05, 3.63) is 126 Å². The highest BCUT2D eigenvalue weighted by molar-refractivity contribution is 6.00. The lowest BCUT2D eigenvalue weighted by molar-refractivity contribution is -0.645. The van der Waals surface area contributed by atoms with Gasteiger partial charge in [0.1, 0.15) is 11.0 Å². The maximum absolute atomic E-state index is 13.0. The van der Waals surface area contributed by atoms with Crippen molar-refractivity contribution in [1.29, 1.82) is 0 Å². The fraction of sp³-hybridized carbons (Fsp3) is 0. The molecule has 0 aliphatic heterocycles. The molecule has 0 spiro atoms. The molecule has 0 atom stereocenters. The van der Waals surface area contributed by atoms with Crippen molar-refractivity contribution in [2.75, 3.05) is 0 Å². The van der Waals surface area contributed by atoms with Gasteiger partial charge in [0.05, 0.1) is 11.3 Å². The zero-order valence-electron chi connectivity index (χ0n) is 19.4. The van der Waals surface area contributed by atoms with E-state index in [0.29, 0.717) is 33.1 Å². The molecule has 37 heavy (non-hydrogen) atoms. The minimum absolute atomic E-state index is 0.341. The van der Waals surface area contributed by atoms with Gasteiger partial charge in [0, 0.05) is 11.6 Å². The molecule has 0 amide bonds. The minimum atomic E-state index is -0.375. The topological polar surface area (TPSA) is 96.8 Å². The Bertz CT molecular complexity index is 1700. The molecule has 6 aromatic rings. The molecule has 8 nitrogen and oxygen atoms in total. The molecule has 0 N–H and O–H groups in total. The summed E-state index contributed by atoms with van der Waals surface area (Å²) in [5, 5.41) is 24.2. The number of carbonyl (C=O) groups excluding carboxylic acids is 1. The van der Waals surface area contributed by atoms with Gasteiger partial charge in [-0.25, -0.2) is 4.79 Å². The van der Waals surface area contributed by atoms with Crippen LogP contribution >= 0.6 is 0 Å². The van der Waals surface area contributed by atoms with Gasteiger partial charge in [-0.05, 0) is 53.6 Å². The van der Waals surface area contributed by atoms with Crippen molar-refractivity contribution in [1.82, 2.24) is 20.1 Å². The van der Waals surface area contributed by atoms with Crippen molar-refractivity contribution in [2.24, 2.45) is 0 Å². The second-order valence-corrected chi connectivity index (χ2v) is 8.29. The lowest BCUT2D eigenvalue weighted by Gasteiger charge is -2.07. The normalized spacial score (nSPS) is 10.9. The lowest BCUT2D eigenvalue weighted by atomic mass is 10.0. The van der Waals surface area contributed by atoms with Crippen molar-refractivity contribution in [3.63, 3.8) is 0 Å². The van der Waals surface area contributed by atoms with Crippen LogP contribution in [0.1, 0.15) is 10.4 Å². The molecule has 4 aromatic carbocycles. The average Bonchev–Trinajstić information content (AvgIpc) is 3.30. The van der Waals surface area contributed by atoms with Gasteiger partial charge < -0.3 is 9.94 Å². The quantitative estimate of drug-likeness (QED) is 0.244. The Labute approximate surface area is 211 Å². The first-order valence-corrected chi connectivity index (χ1v) is 11.6. The molecule has 8 heteroatoms. The van der Waals surface area contributed by atoms with Crippen molar-refractivity contribution < 1.29 is 14.4 Å². The Morgan fingerprint density at radius 1 is 0.703 bits per heavy atom. The summed E-state index contributed by atoms with van der Waals surface area (Å²) < 4.78 is 6.97. The summed E-state index contributed by atoms with van der Waals surface area (Å²) in [4.78, 5) is 13.4. The molecule has 0 radical (unpaired) electrons. The zero-order valence-corrected chi connectivity index (χ0v) is 19.4. The first-order valence-electron chi connectivity index (χ1n) is 11.6. The third-order valence-electron chi connectivity index (χ3n) is 5.93. The first kappa shape index (κ1) is 22.1. The third kappa shape index (κ3) is 4.39. The fourth-order valence-corrected chi connectivity index (χ4v) is 4.03. The molecule has 0 aliphatic rings. The van der Waals surface area contributed by atoms with Crippen LogP contribution in [-0.4, -0.2) is 26.0 Å². The minimum Gasteiger partial charge on any atom is -0.691 e. The molecule has 0 fully saturated rings. The van der Waals surface area contributed by atoms with E-state index in [-0.39, 0.29) is 5.91 Å². The van der Waals surface area contributed by atoms with E-state index in [1.165, 1.54) is 0 Å². The van der Waals surface area contributed by atoms with Gasteiger partial charge in [-0.2, -0.15) is 0 Å². The third-order valence-corrected chi connectivity index (χ3v) is 5.93. The number of ether oxygens (including phenoxy) is 1. The highest BCUT2D eigenvalue weighted by Gasteiger charge is 2.22. The average molecular weight is 486 g/mol. The monoisotopic (exact) mass is 485 g/mol. The van der Waals surface area contributed by atoms with Crippen LogP contribution in [0.3, 0.4) is 0 Å². The number of carbonyl (C=O) groups is 1. The lowest BCUT2D eigenvalue weighted by Crippen LogP contribution is -2.31. The molecule has 0 saturated heterocycles. The Hall–Kier alpha value is -5.37. The van der Waals surface area contributed by atoms with Gasteiger partial charge in [0.2, 0.25) is 16.9 Å². The summed E-state index contributed by atoms with van der Waals surface area (Å²) in [5.41, 5.74) is 4.88. The maximum Gasteiger partial charge on any atom is 0.366 e. The van der Waals surface area contributed by atoms with E-state index in [0.717, 1.165) is 27.1 Å². The molecule has 0 unspecified atom stereocenters. The Balaban J connectivity index is 1.16. The summed E-state index contributed by atoms with van der Waals surface area (Å²) in [6.07, 6.45) is 0. The smallest absolute Gasteiger partial charge is 0.366 e. The van der Waals surface area contributed by atoms with Gasteiger partial charge in [-0.1, -0.05) is 71.4 Å². The number of nitrogens with zero attached hydrogens (tertiary/aromatic N) is 5. The van der Waals surface area contributed by atoms with E-state index >= 15 is 0 Å². The van der Waals surface area contributed by atoms with Gasteiger partial charge in [-0.15, -0.1) is 15.0 Å². The number of rotatable bonds is 5. The van der Waals surface area contributed by atoms with Gasteiger partial charge in [0.25, 0.3) is 0 Å². The van der Waals surface area contributed by atoms with Gasteiger partial charge in [-0.3, -0.25) is 0 Å². The Morgan fingerprint density at radius 2 is 1.38 bits per heavy atom. The molecule has 2 aromatic heterocycles. The predicted molar refractivity (Wildman–Crippen MR) is 138 cm³/mol. The van der Waals surface area contributed by atoms with E-state index in [2.05, 4.69) is 15.4 Å². The fourth-order valence-electron chi connectivity index (χ4n) is 4.03. The molecule has 178 valence electrons. The highest BCUT2D eigenvalue weighted by atomic mass is 16.5. The van der Waals surface area contributed by atoms with E-state index < -0.39 is 0 Å². The number of para-hydroxylation sites is 2. The molecule has 0 aliphatic carbocycles. The number of hydrogen-bond acceptors (Lipinski definition) is 6. The largest absolute Gasteiger partial charge is 0.691 e. The zero-order chi connectivity index (χ0) is 25.2. The van der Waals surface area contributed by atoms with Crippen LogP contribution < -0.4 is 9.58 Å². The molecule has 0 bridgehead atoms. The van der Waals surface area contributed by atoms with Crippen LogP contribution in [0.15, 0.2) is 115 Å². The summed E-state index contributed by atoms with van der Waals surface area (Å²) in [7, 11) is 0. The van der Waals surface area contributed by atoms with Gasteiger partial charge >= 0.3 is 5.91 Å². The summed E-state index contributed by atoms with van der Waals surface area (Å²) in [5.74, 6) is 0.662. The van der Waals surface area contributed by atoms with E-state index in [4.69, 9.17) is 4.74 Å². The molecule has 2 heterocycles.